The molecule has 2 aliphatic heterocycles. The van der Waals surface area contributed by atoms with Crippen molar-refractivity contribution < 1.29 is 28.9 Å². The summed E-state index contributed by atoms with van der Waals surface area (Å²) in [4.78, 5) is 27.8. The van der Waals surface area contributed by atoms with Gasteiger partial charge in [0, 0.05) is 18.0 Å². The van der Waals surface area contributed by atoms with Crippen LogP contribution in [0.1, 0.15) is 47.7 Å². The van der Waals surface area contributed by atoms with E-state index in [2.05, 4.69) is 4.90 Å². The zero-order chi connectivity index (χ0) is 19.8. The maximum absolute atomic E-state index is 12.9. The Morgan fingerprint density at radius 2 is 2.21 bits per heavy atom. The van der Waals surface area contributed by atoms with E-state index in [0.717, 1.165) is 17.7 Å². The number of likely N-dealkylation sites (tertiary alicyclic amines) is 1. The Bertz CT molecular complexity index is 897. The van der Waals surface area contributed by atoms with Gasteiger partial charge in [0.25, 0.3) is 0 Å². The van der Waals surface area contributed by atoms with Crippen LogP contribution in [0.5, 0.6) is 11.5 Å². The molecule has 4 atom stereocenters. The van der Waals surface area contributed by atoms with Gasteiger partial charge in [-0.05, 0) is 51.4 Å². The molecule has 0 radical (unpaired) electrons. The Labute approximate surface area is 163 Å². The van der Waals surface area contributed by atoms with Crippen LogP contribution >= 0.6 is 0 Å². The summed E-state index contributed by atoms with van der Waals surface area (Å²) in [6, 6.07) is 1.48. The van der Waals surface area contributed by atoms with Crippen molar-refractivity contribution in [2.24, 2.45) is 0 Å². The molecule has 0 unspecified atom stereocenters. The molecule has 1 spiro atoms. The molecule has 28 heavy (non-hydrogen) atoms. The van der Waals surface area contributed by atoms with Crippen molar-refractivity contribution in [3.63, 3.8) is 0 Å². The first-order chi connectivity index (χ1) is 13.4. The van der Waals surface area contributed by atoms with E-state index < -0.39 is 23.1 Å². The van der Waals surface area contributed by atoms with Crippen LogP contribution in [0.2, 0.25) is 0 Å². The second-order valence-corrected chi connectivity index (χ2v) is 8.34. The maximum Gasteiger partial charge on any atom is 0.338 e. The van der Waals surface area contributed by atoms with Crippen molar-refractivity contribution >= 4 is 11.8 Å². The van der Waals surface area contributed by atoms with Crippen molar-refractivity contribution in [2.45, 2.75) is 55.8 Å². The van der Waals surface area contributed by atoms with Gasteiger partial charge in [-0.25, -0.2) is 4.79 Å². The first-order valence-corrected chi connectivity index (χ1v) is 9.92. The molecule has 4 aliphatic rings. The maximum atomic E-state index is 12.9. The van der Waals surface area contributed by atoms with E-state index in [0.29, 0.717) is 42.7 Å². The summed E-state index contributed by atoms with van der Waals surface area (Å²) < 4.78 is 17.0. The molecule has 1 aromatic carbocycles. The van der Waals surface area contributed by atoms with Gasteiger partial charge in [-0.1, -0.05) is 0 Å². The Morgan fingerprint density at radius 1 is 1.43 bits per heavy atom. The van der Waals surface area contributed by atoms with Gasteiger partial charge in [-0.15, -0.1) is 0 Å². The molecule has 150 valence electrons. The van der Waals surface area contributed by atoms with Crippen LogP contribution in [-0.2, 0) is 21.4 Å². The molecule has 7 nitrogen and oxygen atoms in total. The first-order valence-electron chi connectivity index (χ1n) is 9.92. The fourth-order valence-corrected chi connectivity index (χ4v) is 6.15. The second kappa shape index (κ2) is 5.70. The Hall–Kier alpha value is -2.12. The van der Waals surface area contributed by atoms with Gasteiger partial charge >= 0.3 is 5.97 Å². The van der Waals surface area contributed by atoms with E-state index in [-0.39, 0.29) is 18.4 Å². The number of Topliss-reactive ketones (excluding diaryl/α,β-unsaturated/α-hetero) is 1. The molecule has 1 aromatic rings. The van der Waals surface area contributed by atoms with Crippen LogP contribution in [-0.4, -0.2) is 66.8 Å². The number of ether oxygens (including phenoxy) is 3. The van der Waals surface area contributed by atoms with Crippen LogP contribution in [0.4, 0.5) is 0 Å². The number of piperidine rings is 1. The van der Waals surface area contributed by atoms with Gasteiger partial charge < -0.3 is 24.2 Å². The van der Waals surface area contributed by atoms with Gasteiger partial charge in [0.15, 0.2) is 23.4 Å². The molecule has 2 fully saturated rings. The number of aliphatic hydroxyl groups is 1. The zero-order valence-corrected chi connectivity index (χ0v) is 16.4. The summed E-state index contributed by atoms with van der Waals surface area (Å²) in [5, 5.41) is 12.0. The quantitative estimate of drug-likeness (QED) is 0.781. The van der Waals surface area contributed by atoms with Gasteiger partial charge in [0.05, 0.1) is 30.3 Å². The third-order valence-electron chi connectivity index (χ3n) is 7.35. The summed E-state index contributed by atoms with van der Waals surface area (Å²) in [7, 11) is 3.51. The Kier molecular flexibility index (Phi) is 3.65. The topological polar surface area (TPSA) is 85.3 Å². The minimum atomic E-state index is -1.07. The van der Waals surface area contributed by atoms with Crippen LogP contribution < -0.4 is 9.47 Å². The molecule has 7 heteroatoms. The number of methoxy groups -OCH3 is 1. The van der Waals surface area contributed by atoms with E-state index in [1.807, 2.05) is 7.05 Å². The summed E-state index contributed by atoms with van der Waals surface area (Å²) in [6.07, 6.45) is 1.08. The summed E-state index contributed by atoms with van der Waals surface area (Å²) in [5.41, 5.74) is 0.154. The van der Waals surface area contributed by atoms with Gasteiger partial charge in [-0.3, -0.25) is 4.79 Å². The lowest BCUT2D eigenvalue weighted by atomic mass is 9.48. The normalized spacial score (nSPS) is 35.2. The van der Waals surface area contributed by atoms with E-state index in [9.17, 15) is 14.7 Å². The average molecular weight is 387 g/mol. The Balaban J connectivity index is 1.84. The predicted molar refractivity (Wildman–Crippen MR) is 99.0 cm³/mol. The van der Waals surface area contributed by atoms with Gasteiger partial charge in [0.2, 0.25) is 0 Å². The van der Waals surface area contributed by atoms with Crippen molar-refractivity contribution in [3.8, 4) is 11.5 Å². The van der Waals surface area contributed by atoms with Gasteiger partial charge in [-0.2, -0.15) is 0 Å². The zero-order valence-electron chi connectivity index (χ0n) is 16.4. The average Bonchev–Trinajstić information content (AvgIpc) is 3.03. The summed E-state index contributed by atoms with van der Waals surface area (Å²) >= 11 is 0. The van der Waals surface area contributed by atoms with Crippen LogP contribution in [0.3, 0.4) is 0 Å². The third kappa shape index (κ3) is 1.86. The monoisotopic (exact) mass is 387 g/mol. The number of nitrogens with zero attached hydrogens (tertiary/aromatic N) is 1. The van der Waals surface area contributed by atoms with E-state index in [1.54, 1.807) is 13.0 Å². The first kappa shape index (κ1) is 17.9. The number of hydrogen-bond acceptors (Lipinski definition) is 7. The van der Waals surface area contributed by atoms with Crippen molar-refractivity contribution in [1.29, 1.82) is 0 Å². The highest BCUT2D eigenvalue weighted by Gasteiger charge is 2.73. The number of hydrogen-bond donors (Lipinski definition) is 1. The number of ketones is 1. The molecule has 0 aromatic heterocycles. The lowest BCUT2D eigenvalue weighted by molar-refractivity contribution is -0.185. The highest BCUT2D eigenvalue weighted by atomic mass is 16.5. The van der Waals surface area contributed by atoms with Crippen molar-refractivity contribution in [1.82, 2.24) is 4.90 Å². The number of likely N-dealkylation sites (N-methyl/N-ethyl adjacent to an activating group) is 1. The van der Waals surface area contributed by atoms with Crippen LogP contribution in [0.25, 0.3) is 0 Å². The number of carbonyl (C=O) groups excluding carboxylic acids is 2. The lowest BCUT2D eigenvalue weighted by Gasteiger charge is -2.62. The highest BCUT2D eigenvalue weighted by molar-refractivity contribution is 5.96. The molecule has 2 aliphatic carbocycles. The molecule has 2 heterocycles. The van der Waals surface area contributed by atoms with Crippen molar-refractivity contribution in [2.75, 3.05) is 27.3 Å². The number of rotatable bonds is 3. The number of esters is 1. The molecule has 1 saturated carbocycles. The van der Waals surface area contributed by atoms with E-state index in [1.165, 1.54) is 7.11 Å². The predicted octanol–water partition coefficient (Wildman–Crippen LogP) is 1.22. The molecular weight excluding hydrogens is 362 g/mol. The molecule has 1 N–H and O–H groups in total. The van der Waals surface area contributed by atoms with Crippen LogP contribution in [0, 0.1) is 0 Å². The molecule has 2 bridgehead atoms. The Morgan fingerprint density at radius 3 is 2.93 bits per heavy atom. The summed E-state index contributed by atoms with van der Waals surface area (Å²) in [6.45, 7) is 2.80. The minimum absolute atomic E-state index is 0.0109. The lowest BCUT2D eigenvalue weighted by Crippen LogP contribution is -2.76. The fourth-order valence-electron chi connectivity index (χ4n) is 6.15. The molecule has 5 rings (SSSR count). The second-order valence-electron chi connectivity index (χ2n) is 8.34. The molecular formula is C21H25NO6. The fraction of sp³-hybridized carbons (Fsp3) is 0.619. The number of carbonyl (C=O) groups is 2. The SMILES string of the molecule is CCOC(=O)c1cc(OC)c2c3c1C[C@H]1N(C)CC[C@@]34[C@@H](O2)C(=O)CC[C@@]14O. The third-order valence-corrected chi connectivity index (χ3v) is 7.35. The standard InChI is InChI=1S/C21H25NO6/c1-4-27-19(24)12-9-14(26-3)17-16-11(12)10-15-21(25)6-5-13(23)18(28-17)20(16,21)7-8-22(15)2/h9,15,18,25H,4-8,10H2,1-3H3/t15-,18+,20+,21-/m1/s1. The number of benzene rings is 1. The smallest absolute Gasteiger partial charge is 0.338 e. The highest BCUT2D eigenvalue weighted by Crippen LogP contribution is 2.65. The largest absolute Gasteiger partial charge is 0.493 e. The van der Waals surface area contributed by atoms with E-state index >= 15 is 0 Å². The molecule has 1 saturated heterocycles. The van der Waals surface area contributed by atoms with E-state index in [4.69, 9.17) is 14.2 Å². The van der Waals surface area contributed by atoms with Crippen molar-refractivity contribution in [3.05, 3.63) is 22.8 Å². The molecule has 0 amide bonds. The van der Waals surface area contributed by atoms with Crippen LogP contribution in [0.15, 0.2) is 6.07 Å². The van der Waals surface area contributed by atoms with Gasteiger partial charge in [0.1, 0.15) is 0 Å². The summed E-state index contributed by atoms with van der Waals surface area (Å²) in [5.74, 6) is 0.522. The minimum Gasteiger partial charge on any atom is -0.493 e.